The van der Waals surface area contributed by atoms with Gasteiger partial charge in [0.25, 0.3) is 0 Å². The Morgan fingerprint density at radius 3 is 2.67 bits per heavy atom. The zero-order valence-corrected chi connectivity index (χ0v) is 27.1. The summed E-state index contributed by atoms with van der Waals surface area (Å²) in [7, 11) is 0. The normalized spacial score (nSPS) is 26.4. The van der Waals surface area contributed by atoms with Crippen molar-refractivity contribution in [2.45, 2.75) is 95.5 Å². The largest absolute Gasteiger partial charge is 0.490 e. The number of carbonyl (C=O) groups excluding carboxylic acids is 1. The van der Waals surface area contributed by atoms with Gasteiger partial charge in [0, 0.05) is 42.2 Å². The van der Waals surface area contributed by atoms with Crippen molar-refractivity contribution in [3.8, 4) is 11.5 Å². The van der Waals surface area contributed by atoms with Crippen molar-refractivity contribution < 1.29 is 28.5 Å². The van der Waals surface area contributed by atoms with Crippen molar-refractivity contribution in [2.75, 3.05) is 31.7 Å². The van der Waals surface area contributed by atoms with E-state index in [2.05, 4.69) is 15.3 Å². The highest BCUT2D eigenvalue weighted by Gasteiger charge is 2.27. The Kier molecular flexibility index (Phi) is 12.5. The van der Waals surface area contributed by atoms with Crippen LogP contribution in [0.15, 0.2) is 42.1 Å². The first kappa shape index (κ1) is 33.6. The number of nitrogens with one attached hydrogen (secondary N) is 1. The lowest BCUT2D eigenvalue weighted by Gasteiger charge is -2.26. The van der Waals surface area contributed by atoms with E-state index in [1.54, 1.807) is 6.08 Å². The molecule has 1 saturated carbocycles. The number of alkyl halides is 1. The van der Waals surface area contributed by atoms with Gasteiger partial charge in [-0.05, 0) is 88.3 Å². The Morgan fingerprint density at radius 1 is 1.04 bits per heavy atom. The number of halogens is 2. The first-order valence-corrected chi connectivity index (χ1v) is 17.1. The van der Waals surface area contributed by atoms with Crippen LogP contribution in [0.5, 0.6) is 11.5 Å². The Bertz CT molecular complexity index is 1340. The van der Waals surface area contributed by atoms with E-state index < -0.39 is 5.38 Å². The monoisotopic (exact) mass is 643 g/mol. The maximum atomic E-state index is 14.1. The summed E-state index contributed by atoms with van der Waals surface area (Å²) in [6.45, 7) is 3.78. The molecule has 2 aromatic rings. The van der Waals surface area contributed by atoms with Crippen molar-refractivity contribution in [3.63, 3.8) is 0 Å². The molecule has 1 aromatic carbocycles. The summed E-state index contributed by atoms with van der Waals surface area (Å²) in [4.78, 5) is 21.2. The molecule has 2 N–H and O–H groups in total. The number of allylic oxidation sites excluding steroid dienone is 4. The fraction of sp³-hybridized carbons (Fsp3) is 0.629. The standard InChI is InChI=1S/C35H47ClFN3O5/c1-23-29(14-13-28(37)34(23)36)40-35-27-19-33(45-26-11-4-9-25(10-5-12-26)31(42)21-41)32(20-30(27)38-22-39-35)44-17-6-8-24-7-2-3-16-43-18-15-24/h13-14,19-20,22-26,34,41H,2-12,15-18,21H2,1H3,(H,38,39,40). The molecule has 5 rings (SSSR count). The van der Waals surface area contributed by atoms with E-state index in [9.17, 15) is 14.3 Å². The molecule has 10 heteroatoms. The molecular formula is C35H47ClFN3O5. The van der Waals surface area contributed by atoms with Crippen molar-refractivity contribution >= 4 is 34.1 Å². The Morgan fingerprint density at radius 2 is 1.87 bits per heavy atom. The van der Waals surface area contributed by atoms with E-state index in [1.807, 2.05) is 19.1 Å². The van der Waals surface area contributed by atoms with E-state index in [-0.39, 0.29) is 36.2 Å². The first-order chi connectivity index (χ1) is 21.9. The van der Waals surface area contributed by atoms with Crippen LogP contribution in [0.4, 0.5) is 10.2 Å². The van der Waals surface area contributed by atoms with Crippen molar-refractivity contribution in [2.24, 2.45) is 17.8 Å². The average molecular weight is 644 g/mol. The zero-order chi connectivity index (χ0) is 31.6. The summed E-state index contributed by atoms with van der Waals surface area (Å²) in [5.41, 5.74) is 1.48. The molecule has 3 atom stereocenters. The average Bonchev–Trinajstić information content (AvgIpc) is 3.01. The predicted octanol–water partition coefficient (Wildman–Crippen LogP) is 7.68. The predicted molar refractivity (Wildman–Crippen MR) is 174 cm³/mol. The number of hydrogen-bond donors (Lipinski definition) is 2. The summed E-state index contributed by atoms with van der Waals surface area (Å²) in [6, 6.07) is 3.86. The number of anilines is 1. The minimum absolute atomic E-state index is 0.0304. The van der Waals surface area contributed by atoms with Crippen LogP contribution in [0.25, 0.3) is 10.9 Å². The molecule has 1 aliphatic heterocycles. The summed E-state index contributed by atoms with van der Waals surface area (Å²) in [5.74, 6) is 1.79. The van der Waals surface area contributed by atoms with Gasteiger partial charge in [0.1, 0.15) is 24.6 Å². The highest BCUT2D eigenvalue weighted by atomic mass is 35.5. The topological polar surface area (TPSA) is 103 Å². The quantitative estimate of drug-likeness (QED) is 0.190. The molecule has 3 aliphatic rings. The van der Waals surface area contributed by atoms with Gasteiger partial charge in [0.15, 0.2) is 17.3 Å². The van der Waals surface area contributed by atoms with Crippen LogP contribution in [0, 0.1) is 17.8 Å². The van der Waals surface area contributed by atoms with Gasteiger partial charge in [-0.15, -0.1) is 11.6 Å². The van der Waals surface area contributed by atoms with Gasteiger partial charge in [-0.25, -0.2) is 14.4 Å². The molecule has 3 unspecified atom stereocenters. The zero-order valence-electron chi connectivity index (χ0n) is 26.3. The van der Waals surface area contributed by atoms with E-state index in [1.165, 1.54) is 25.2 Å². The van der Waals surface area contributed by atoms with Crippen molar-refractivity contribution in [1.82, 2.24) is 9.97 Å². The van der Waals surface area contributed by atoms with Crippen LogP contribution in [0.2, 0.25) is 0 Å². The lowest BCUT2D eigenvalue weighted by Crippen LogP contribution is -2.24. The number of fused-ring (bicyclic) bond motifs is 1. The molecular weight excluding hydrogens is 597 g/mol. The second kappa shape index (κ2) is 16.7. The Hall–Kier alpha value is -2.75. The molecule has 2 heterocycles. The third-order valence-corrected chi connectivity index (χ3v) is 10.1. The summed E-state index contributed by atoms with van der Waals surface area (Å²) in [5, 5.41) is 12.7. The van der Waals surface area contributed by atoms with Crippen LogP contribution in [0.3, 0.4) is 0 Å². The minimum atomic E-state index is -0.744. The highest BCUT2D eigenvalue weighted by Crippen LogP contribution is 2.38. The number of aromatic nitrogens is 2. The number of benzene rings is 1. The summed E-state index contributed by atoms with van der Waals surface area (Å²) >= 11 is 6.31. The number of carbonyl (C=O) groups is 1. The molecule has 0 spiro atoms. The Balaban J connectivity index is 1.34. The SMILES string of the molecule is CC1C(Nc2ncnc3cc(OCCCC4CCCCOCC4)c(OC4CCCC(C(=O)CO)CCC4)cc23)=CC=C(F)C1Cl. The van der Waals surface area contributed by atoms with Gasteiger partial charge in [-0.1, -0.05) is 19.8 Å². The van der Waals surface area contributed by atoms with E-state index in [0.29, 0.717) is 35.4 Å². The van der Waals surface area contributed by atoms with Crippen LogP contribution < -0.4 is 14.8 Å². The molecule has 246 valence electrons. The molecule has 2 aliphatic carbocycles. The number of hydrogen-bond acceptors (Lipinski definition) is 8. The van der Waals surface area contributed by atoms with Gasteiger partial charge in [-0.3, -0.25) is 4.79 Å². The molecule has 0 radical (unpaired) electrons. The van der Waals surface area contributed by atoms with Gasteiger partial charge >= 0.3 is 0 Å². The van der Waals surface area contributed by atoms with Crippen LogP contribution in [-0.4, -0.2) is 58.8 Å². The van der Waals surface area contributed by atoms with Crippen molar-refractivity contribution in [3.05, 3.63) is 42.1 Å². The number of aliphatic hydroxyl groups excluding tert-OH is 1. The summed E-state index contributed by atoms with van der Waals surface area (Å²) in [6.07, 6.45) is 16.2. The van der Waals surface area contributed by atoms with Gasteiger partial charge < -0.3 is 24.6 Å². The van der Waals surface area contributed by atoms with Crippen LogP contribution in [0.1, 0.15) is 84.0 Å². The fourth-order valence-corrected chi connectivity index (χ4v) is 6.88. The smallest absolute Gasteiger partial charge is 0.163 e. The third-order valence-electron chi connectivity index (χ3n) is 9.48. The molecule has 45 heavy (non-hydrogen) atoms. The number of ether oxygens (including phenoxy) is 3. The first-order valence-electron chi connectivity index (χ1n) is 16.7. The van der Waals surface area contributed by atoms with Gasteiger partial charge in [0.2, 0.25) is 0 Å². The molecule has 2 fully saturated rings. The van der Waals surface area contributed by atoms with Crippen molar-refractivity contribution in [1.29, 1.82) is 0 Å². The Labute approximate surface area is 270 Å². The maximum Gasteiger partial charge on any atom is 0.163 e. The minimum Gasteiger partial charge on any atom is -0.490 e. The number of nitrogens with zero attached hydrogens (tertiary/aromatic N) is 2. The number of ketones is 1. The van der Waals surface area contributed by atoms with E-state index in [0.717, 1.165) is 88.5 Å². The fourth-order valence-electron chi connectivity index (χ4n) is 6.67. The third kappa shape index (κ3) is 9.17. The second-order valence-electron chi connectivity index (χ2n) is 12.7. The molecule has 0 bridgehead atoms. The maximum absolute atomic E-state index is 14.1. The van der Waals surface area contributed by atoms with E-state index >= 15 is 0 Å². The van der Waals surface area contributed by atoms with Crippen LogP contribution in [-0.2, 0) is 9.53 Å². The summed E-state index contributed by atoms with van der Waals surface area (Å²) < 4.78 is 32.9. The van der Waals surface area contributed by atoms with Gasteiger partial charge in [-0.2, -0.15) is 0 Å². The molecule has 8 nitrogen and oxygen atoms in total. The highest BCUT2D eigenvalue weighted by molar-refractivity contribution is 6.22. The lowest BCUT2D eigenvalue weighted by atomic mass is 9.87. The number of Topliss-reactive ketones (excluding diaryl/α,β-unsaturated/α-hetero) is 1. The van der Waals surface area contributed by atoms with Crippen LogP contribution >= 0.6 is 11.6 Å². The lowest BCUT2D eigenvalue weighted by molar-refractivity contribution is -0.126. The van der Waals surface area contributed by atoms with Gasteiger partial charge in [0.05, 0.1) is 23.6 Å². The molecule has 0 amide bonds. The molecule has 1 saturated heterocycles. The molecule has 1 aromatic heterocycles. The number of rotatable bonds is 11. The number of aliphatic hydroxyl groups is 1. The van der Waals surface area contributed by atoms with E-state index in [4.69, 9.17) is 25.8 Å². The second-order valence-corrected chi connectivity index (χ2v) is 13.2.